The fourth-order valence-corrected chi connectivity index (χ4v) is 5.48. The van der Waals surface area contributed by atoms with Crippen molar-refractivity contribution in [2.75, 3.05) is 31.9 Å². The Hall–Kier alpha value is -2.94. The number of amides is 1. The minimum atomic E-state index is 0.121. The van der Waals surface area contributed by atoms with Crippen molar-refractivity contribution in [3.8, 4) is 0 Å². The first-order valence-electron chi connectivity index (χ1n) is 12.5. The summed E-state index contributed by atoms with van der Waals surface area (Å²) in [4.78, 5) is 26.5. The molecule has 7 nitrogen and oxygen atoms in total. The zero-order valence-electron chi connectivity index (χ0n) is 21.4. The maximum atomic E-state index is 12.9. The SMILES string of the molecule is Cc1ccc(Cc2c(C)nc3nc(SCC(=O)N4CCN(Cc5ccc(Cl)cc5)CC4)nn3c2C)cc1. The smallest absolute Gasteiger partial charge is 0.253 e. The van der Waals surface area contributed by atoms with Crippen molar-refractivity contribution in [2.24, 2.45) is 0 Å². The van der Waals surface area contributed by atoms with Crippen LogP contribution in [0.4, 0.5) is 0 Å². The molecule has 0 unspecified atom stereocenters. The highest BCUT2D eigenvalue weighted by atomic mass is 35.5. The van der Waals surface area contributed by atoms with Crippen LogP contribution in [0.15, 0.2) is 53.7 Å². The third kappa shape index (κ3) is 6.14. The highest BCUT2D eigenvalue weighted by Crippen LogP contribution is 2.21. The lowest BCUT2D eigenvalue weighted by atomic mass is 10.0. The Morgan fingerprint density at radius 3 is 2.30 bits per heavy atom. The fraction of sp³-hybridized carbons (Fsp3) is 0.357. The lowest BCUT2D eigenvalue weighted by Gasteiger charge is -2.34. The number of rotatable bonds is 7. The summed E-state index contributed by atoms with van der Waals surface area (Å²) in [5.41, 5.74) is 6.88. The second kappa shape index (κ2) is 11.2. The standard InChI is InChI=1S/C28H31ClN6OS/c1-19-4-6-22(7-5-19)16-25-20(2)30-27-31-28(32-35(27)21(25)3)37-18-26(36)34-14-12-33(13-15-34)17-23-8-10-24(29)11-9-23/h4-11H,12-18H2,1-3H3. The molecule has 4 aromatic rings. The molecule has 1 saturated heterocycles. The second-order valence-electron chi connectivity index (χ2n) is 9.60. The molecule has 192 valence electrons. The number of halogens is 1. The van der Waals surface area contributed by atoms with Crippen LogP contribution < -0.4 is 0 Å². The van der Waals surface area contributed by atoms with Crippen LogP contribution in [-0.4, -0.2) is 67.2 Å². The van der Waals surface area contributed by atoms with Crippen LogP contribution in [0, 0.1) is 20.8 Å². The zero-order chi connectivity index (χ0) is 25.9. The quantitative estimate of drug-likeness (QED) is 0.319. The van der Waals surface area contributed by atoms with E-state index in [0.29, 0.717) is 16.7 Å². The fourth-order valence-electron chi connectivity index (χ4n) is 4.64. The molecule has 0 radical (unpaired) electrons. The van der Waals surface area contributed by atoms with Gasteiger partial charge >= 0.3 is 0 Å². The van der Waals surface area contributed by atoms with Crippen molar-refractivity contribution in [2.45, 2.75) is 38.9 Å². The molecule has 1 aliphatic rings. The third-order valence-electron chi connectivity index (χ3n) is 6.90. The normalized spacial score (nSPS) is 14.4. The Balaban J connectivity index is 1.18. The topological polar surface area (TPSA) is 66.6 Å². The molecule has 1 fully saturated rings. The third-order valence-corrected chi connectivity index (χ3v) is 7.97. The molecule has 2 aromatic heterocycles. The molecule has 1 aliphatic heterocycles. The summed E-state index contributed by atoms with van der Waals surface area (Å²) in [6, 6.07) is 16.5. The van der Waals surface area contributed by atoms with Crippen LogP contribution in [0.5, 0.6) is 0 Å². The van der Waals surface area contributed by atoms with E-state index >= 15 is 0 Å². The molecule has 5 rings (SSSR count). The minimum Gasteiger partial charge on any atom is -0.339 e. The summed E-state index contributed by atoms with van der Waals surface area (Å²) in [7, 11) is 0. The van der Waals surface area contributed by atoms with Gasteiger partial charge in [0.15, 0.2) is 0 Å². The van der Waals surface area contributed by atoms with Gasteiger partial charge in [0.2, 0.25) is 11.1 Å². The maximum Gasteiger partial charge on any atom is 0.253 e. The molecule has 37 heavy (non-hydrogen) atoms. The van der Waals surface area contributed by atoms with E-state index in [9.17, 15) is 4.79 Å². The number of nitrogens with zero attached hydrogens (tertiary/aromatic N) is 6. The van der Waals surface area contributed by atoms with Crippen molar-refractivity contribution >= 4 is 35.0 Å². The van der Waals surface area contributed by atoms with Gasteiger partial charge < -0.3 is 4.90 Å². The zero-order valence-corrected chi connectivity index (χ0v) is 23.0. The first-order chi connectivity index (χ1) is 17.9. The Bertz CT molecular complexity index is 1400. The number of aromatic nitrogens is 4. The van der Waals surface area contributed by atoms with Gasteiger partial charge in [0, 0.05) is 55.6 Å². The van der Waals surface area contributed by atoms with Gasteiger partial charge in [-0.25, -0.2) is 9.50 Å². The van der Waals surface area contributed by atoms with Gasteiger partial charge in [-0.3, -0.25) is 9.69 Å². The molecule has 0 bridgehead atoms. The first-order valence-corrected chi connectivity index (χ1v) is 13.9. The van der Waals surface area contributed by atoms with Crippen molar-refractivity contribution in [3.05, 3.63) is 87.2 Å². The molecule has 0 N–H and O–H groups in total. The van der Waals surface area contributed by atoms with Gasteiger partial charge in [0.25, 0.3) is 5.78 Å². The minimum absolute atomic E-state index is 0.121. The monoisotopic (exact) mass is 534 g/mol. The average Bonchev–Trinajstić information content (AvgIpc) is 3.31. The van der Waals surface area contributed by atoms with Gasteiger partial charge in [-0.2, -0.15) is 4.98 Å². The summed E-state index contributed by atoms with van der Waals surface area (Å²) in [5, 5.41) is 6.00. The van der Waals surface area contributed by atoms with Gasteiger partial charge in [0.05, 0.1) is 5.75 Å². The van der Waals surface area contributed by atoms with Crippen LogP contribution in [0.25, 0.3) is 5.78 Å². The van der Waals surface area contributed by atoms with E-state index in [1.165, 1.54) is 28.5 Å². The van der Waals surface area contributed by atoms with Crippen LogP contribution in [0.2, 0.25) is 5.02 Å². The molecule has 0 saturated carbocycles. The van der Waals surface area contributed by atoms with Crippen LogP contribution in [0.3, 0.4) is 0 Å². The second-order valence-corrected chi connectivity index (χ2v) is 11.0. The molecule has 2 aromatic carbocycles. The molecule has 0 spiro atoms. The Labute approximate surface area is 226 Å². The predicted molar refractivity (Wildman–Crippen MR) is 148 cm³/mol. The molecule has 9 heteroatoms. The van der Waals surface area contributed by atoms with E-state index in [2.05, 4.69) is 65.2 Å². The van der Waals surface area contributed by atoms with Crippen LogP contribution in [0.1, 0.15) is 33.6 Å². The Kier molecular flexibility index (Phi) is 7.79. The van der Waals surface area contributed by atoms with Crippen molar-refractivity contribution in [3.63, 3.8) is 0 Å². The highest BCUT2D eigenvalue weighted by Gasteiger charge is 2.22. The maximum absolute atomic E-state index is 12.9. The van der Waals surface area contributed by atoms with E-state index < -0.39 is 0 Å². The summed E-state index contributed by atoms with van der Waals surface area (Å²) in [6.45, 7) is 10.2. The summed E-state index contributed by atoms with van der Waals surface area (Å²) >= 11 is 7.37. The molecule has 3 heterocycles. The summed E-state index contributed by atoms with van der Waals surface area (Å²) < 4.78 is 1.80. The number of benzene rings is 2. The van der Waals surface area contributed by atoms with E-state index in [1.54, 1.807) is 4.52 Å². The largest absolute Gasteiger partial charge is 0.339 e. The first kappa shape index (κ1) is 25.7. The van der Waals surface area contributed by atoms with Gasteiger partial charge in [-0.1, -0.05) is 65.3 Å². The molecule has 0 atom stereocenters. The number of carbonyl (C=O) groups excluding carboxylic acids is 1. The number of hydrogen-bond acceptors (Lipinski definition) is 6. The van der Waals surface area contributed by atoms with Gasteiger partial charge in [-0.15, -0.1) is 5.10 Å². The van der Waals surface area contributed by atoms with Crippen LogP contribution in [-0.2, 0) is 17.8 Å². The lowest BCUT2D eigenvalue weighted by Crippen LogP contribution is -2.48. The van der Waals surface area contributed by atoms with E-state index in [4.69, 9.17) is 16.6 Å². The number of thioether (sulfide) groups is 1. The van der Waals surface area contributed by atoms with Gasteiger partial charge in [-0.05, 0) is 49.6 Å². The number of fused-ring (bicyclic) bond motifs is 1. The number of aryl methyl sites for hydroxylation is 3. The van der Waals surface area contributed by atoms with E-state index in [1.807, 2.05) is 24.0 Å². The Morgan fingerprint density at radius 2 is 1.59 bits per heavy atom. The number of piperazine rings is 1. The number of carbonyl (C=O) groups is 1. The number of hydrogen-bond donors (Lipinski definition) is 0. The van der Waals surface area contributed by atoms with E-state index in [-0.39, 0.29) is 5.91 Å². The van der Waals surface area contributed by atoms with Crippen molar-refractivity contribution < 1.29 is 4.79 Å². The molecule has 1 amide bonds. The van der Waals surface area contributed by atoms with Crippen LogP contribution >= 0.6 is 23.4 Å². The van der Waals surface area contributed by atoms with E-state index in [0.717, 1.165) is 61.1 Å². The lowest BCUT2D eigenvalue weighted by molar-refractivity contribution is -0.130. The Morgan fingerprint density at radius 1 is 0.919 bits per heavy atom. The molecular weight excluding hydrogens is 504 g/mol. The highest BCUT2D eigenvalue weighted by molar-refractivity contribution is 7.99. The van der Waals surface area contributed by atoms with Crippen molar-refractivity contribution in [1.82, 2.24) is 29.4 Å². The molecule has 0 aliphatic carbocycles. The predicted octanol–water partition coefficient (Wildman–Crippen LogP) is 4.73. The van der Waals surface area contributed by atoms with Crippen molar-refractivity contribution in [1.29, 1.82) is 0 Å². The van der Waals surface area contributed by atoms with Gasteiger partial charge in [0.1, 0.15) is 0 Å². The summed E-state index contributed by atoms with van der Waals surface area (Å²) in [6.07, 6.45) is 0.797. The average molecular weight is 535 g/mol. The summed E-state index contributed by atoms with van der Waals surface area (Å²) in [5.74, 6) is 1.02. The molecular formula is C28H31ClN6OS.